The van der Waals surface area contributed by atoms with Gasteiger partial charge in [0.1, 0.15) is 0 Å². The predicted molar refractivity (Wildman–Crippen MR) is 33.7 cm³/mol. The third-order valence-corrected chi connectivity index (χ3v) is 2.73. The molecule has 0 N–H and O–H groups in total. The van der Waals surface area contributed by atoms with Crippen molar-refractivity contribution in [1.82, 2.24) is 4.90 Å². The number of hydrogen-bond donors (Lipinski definition) is 0. The molecule has 1 unspecified atom stereocenters. The molecule has 0 amide bonds. The van der Waals surface area contributed by atoms with Gasteiger partial charge in [-0.2, -0.15) is 0 Å². The second kappa shape index (κ2) is 1.27. The van der Waals surface area contributed by atoms with Gasteiger partial charge in [-0.25, -0.2) is 0 Å². The van der Waals surface area contributed by atoms with Crippen LogP contribution in [0.1, 0.15) is 20.3 Å². The van der Waals surface area contributed by atoms with Gasteiger partial charge in [0.2, 0.25) is 0 Å². The van der Waals surface area contributed by atoms with E-state index in [2.05, 4.69) is 18.7 Å². The number of hydrogen-bond acceptors (Lipinski definition) is 1. The lowest BCUT2D eigenvalue weighted by atomic mass is 9.76. The molecule has 0 aliphatic carbocycles. The zero-order valence-electron chi connectivity index (χ0n) is 5.59. The minimum Gasteiger partial charge on any atom is -0.297 e. The minimum atomic E-state index is 0.913. The van der Waals surface area contributed by atoms with Crippen molar-refractivity contribution in [2.45, 2.75) is 32.4 Å². The first-order chi connectivity index (χ1) is 3.79. The smallest absolute Gasteiger partial charge is 0.0151 e. The molecule has 0 radical (unpaired) electrons. The van der Waals surface area contributed by atoms with E-state index >= 15 is 0 Å². The Hall–Kier alpha value is -0.0400. The van der Waals surface area contributed by atoms with Crippen molar-refractivity contribution in [3.63, 3.8) is 0 Å². The fourth-order valence-electron chi connectivity index (χ4n) is 2.00. The van der Waals surface area contributed by atoms with E-state index in [1.165, 1.54) is 13.0 Å². The van der Waals surface area contributed by atoms with Gasteiger partial charge in [-0.05, 0) is 19.3 Å². The molecule has 3 atom stereocenters. The van der Waals surface area contributed by atoms with E-state index in [-0.39, 0.29) is 0 Å². The van der Waals surface area contributed by atoms with Crippen LogP contribution in [0.2, 0.25) is 0 Å². The van der Waals surface area contributed by atoms with Crippen LogP contribution in [-0.2, 0) is 0 Å². The van der Waals surface area contributed by atoms with Crippen LogP contribution in [-0.4, -0.2) is 23.5 Å². The van der Waals surface area contributed by atoms with Crippen molar-refractivity contribution in [1.29, 1.82) is 0 Å². The molecule has 2 aliphatic heterocycles. The molecule has 2 rings (SSSR count). The van der Waals surface area contributed by atoms with E-state index in [0.717, 1.165) is 18.0 Å². The Morgan fingerprint density at radius 1 is 1.38 bits per heavy atom. The molecule has 8 heavy (non-hydrogen) atoms. The Balaban J connectivity index is 1.96. The Bertz CT molecular complexity index is 97.0. The van der Waals surface area contributed by atoms with Gasteiger partial charge in [0.25, 0.3) is 0 Å². The first-order valence-electron chi connectivity index (χ1n) is 3.55. The highest BCUT2D eigenvalue weighted by molar-refractivity contribution is 5.01. The van der Waals surface area contributed by atoms with Gasteiger partial charge < -0.3 is 0 Å². The van der Waals surface area contributed by atoms with Crippen molar-refractivity contribution in [2.75, 3.05) is 6.54 Å². The molecule has 2 aliphatic rings. The van der Waals surface area contributed by atoms with Crippen molar-refractivity contribution >= 4 is 0 Å². The van der Waals surface area contributed by atoms with Crippen molar-refractivity contribution in [3.8, 4) is 0 Å². The average molecular weight is 111 g/mol. The predicted octanol–water partition coefficient (Wildman–Crippen LogP) is 1.10. The van der Waals surface area contributed by atoms with Gasteiger partial charge >= 0.3 is 0 Å². The zero-order chi connectivity index (χ0) is 5.72. The third-order valence-electron chi connectivity index (χ3n) is 2.73. The molecule has 0 bridgehead atoms. The van der Waals surface area contributed by atoms with Crippen LogP contribution < -0.4 is 0 Å². The van der Waals surface area contributed by atoms with Crippen LogP contribution in [0.3, 0.4) is 0 Å². The maximum Gasteiger partial charge on any atom is 0.0151 e. The lowest BCUT2D eigenvalue weighted by molar-refractivity contribution is -0.103. The average Bonchev–Trinajstić information content (AvgIpc) is 1.76. The molecule has 46 valence electrons. The summed E-state index contributed by atoms with van der Waals surface area (Å²) in [6, 6.07) is 1.90. The molecule has 0 aromatic carbocycles. The van der Waals surface area contributed by atoms with Gasteiger partial charge in [0, 0.05) is 18.6 Å². The summed E-state index contributed by atoms with van der Waals surface area (Å²) in [7, 11) is 0. The summed E-state index contributed by atoms with van der Waals surface area (Å²) in [5.74, 6) is 1.01. The van der Waals surface area contributed by atoms with Crippen molar-refractivity contribution in [3.05, 3.63) is 0 Å². The molecule has 1 heteroatoms. The molecule has 0 saturated carbocycles. The zero-order valence-corrected chi connectivity index (χ0v) is 5.59. The Labute approximate surface area is 50.7 Å². The quantitative estimate of drug-likeness (QED) is 0.452. The second-order valence-electron chi connectivity index (χ2n) is 3.33. The van der Waals surface area contributed by atoms with E-state index in [1.54, 1.807) is 0 Å². The minimum absolute atomic E-state index is 0.913. The summed E-state index contributed by atoms with van der Waals surface area (Å²) in [5, 5.41) is 0. The maximum absolute atomic E-state index is 2.59. The monoisotopic (exact) mass is 111 g/mol. The first kappa shape index (κ1) is 4.80. The van der Waals surface area contributed by atoms with Crippen LogP contribution in [0.15, 0.2) is 0 Å². The van der Waals surface area contributed by atoms with Crippen LogP contribution >= 0.6 is 0 Å². The standard InChI is InChI=1S/C7H13N/c1-5-4-8-6(2)3-7(5)8/h5-7H,3-4H2,1-2H3/t5-,6+,7?/m0/s1. The highest BCUT2D eigenvalue weighted by Gasteiger charge is 2.46. The lowest BCUT2D eigenvalue weighted by Gasteiger charge is -2.59. The second-order valence-corrected chi connectivity index (χ2v) is 3.33. The fourth-order valence-corrected chi connectivity index (χ4v) is 2.00. The van der Waals surface area contributed by atoms with Gasteiger partial charge in [-0.1, -0.05) is 6.92 Å². The molecule has 0 spiro atoms. The summed E-state index contributed by atoms with van der Waals surface area (Å²) in [5.41, 5.74) is 0. The third kappa shape index (κ3) is 0.368. The van der Waals surface area contributed by atoms with E-state index in [1.807, 2.05) is 0 Å². The molecule has 2 fully saturated rings. The highest BCUT2D eigenvalue weighted by Crippen LogP contribution is 2.39. The Morgan fingerprint density at radius 3 is 2.25 bits per heavy atom. The van der Waals surface area contributed by atoms with Gasteiger partial charge in [0.05, 0.1) is 0 Å². The summed E-state index contributed by atoms with van der Waals surface area (Å²) in [6.45, 7) is 6.04. The van der Waals surface area contributed by atoms with Crippen molar-refractivity contribution in [2.24, 2.45) is 5.92 Å². The topological polar surface area (TPSA) is 3.24 Å². The molecular formula is C7H13N. The van der Waals surface area contributed by atoms with Crippen LogP contribution in [0.5, 0.6) is 0 Å². The maximum atomic E-state index is 2.59. The van der Waals surface area contributed by atoms with Crippen LogP contribution in [0.25, 0.3) is 0 Å². The van der Waals surface area contributed by atoms with E-state index in [9.17, 15) is 0 Å². The van der Waals surface area contributed by atoms with Crippen LogP contribution in [0, 0.1) is 5.92 Å². The highest BCUT2D eigenvalue weighted by atomic mass is 15.3. The lowest BCUT2D eigenvalue weighted by Crippen LogP contribution is -2.68. The summed E-state index contributed by atoms with van der Waals surface area (Å²) >= 11 is 0. The van der Waals surface area contributed by atoms with E-state index in [0.29, 0.717) is 0 Å². The Morgan fingerprint density at radius 2 is 2.12 bits per heavy atom. The first-order valence-corrected chi connectivity index (χ1v) is 3.55. The number of nitrogens with zero attached hydrogens (tertiary/aromatic N) is 1. The van der Waals surface area contributed by atoms with Gasteiger partial charge in [0.15, 0.2) is 0 Å². The van der Waals surface area contributed by atoms with Gasteiger partial charge in [-0.15, -0.1) is 0 Å². The SMILES string of the molecule is C[C@@H]1CC2[C@@H](C)CN21. The number of fused-ring (bicyclic) bond motifs is 1. The molecular weight excluding hydrogens is 98.1 g/mol. The summed E-state index contributed by atoms with van der Waals surface area (Å²) in [6.07, 6.45) is 1.46. The molecule has 2 heterocycles. The van der Waals surface area contributed by atoms with E-state index < -0.39 is 0 Å². The number of piperidine rings is 1. The molecule has 2 saturated heterocycles. The summed E-state index contributed by atoms with van der Waals surface area (Å²) in [4.78, 5) is 2.59. The van der Waals surface area contributed by atoms with Gasteiger partial charge in [-0.3, -0.25) is 4.90 Å². The number of rotatable bonds is 0. The normalized spacial score (nSPS) is 54.0. The van der Waals surface area contributed by atoms with Crippen molar-refractivity contribution < 1.29 is 0 Å². The molecule has 1 nitrogen and oxygen atoms in total. The van der Waals surface area contributed by atoms with E-state index in [4.69, 9.17) is 0 Å². The fraction of sp³-hybridized carbons (Fsp3) is 1.00. The molecule has 0 aromatic rings. The molecule has 0 aromatic heterocycles. The summed E-state index contributed by atoms with van der Waals surface area (Å²) < 4.78 is 0. The Kier molecular flexibility index (Phi) is 0.762. The largest absolute Gasteiger partial charge is 0.297 e. The van der Waals surface area contributed by atoms with Crippen LogP contribution in [0.4, 0.5) is 0 Å².